The van der Waals surface area contributed by atoms with Crippen LogP contribution in [0.4, 0.5) is 11.4 Å². The number of nitro benzene ring substituents is 1. The molecule has 0 unspecified atom stereocenters. The van der Waals surface area contributed by atoms with E-state index in [9.17, 15) is 23.3 Å². The van der Waals surface area contributed by atoms with Crippen molar-refractivity contribution < 1.29 is 18.1 Å². The van der Waals surface area contributed by atoms with Crippen molar-refractivity contribution in [2.24, 2.45) is 5.92 Å². The summed E-state index contributed by atoms with van der Waals surface area (Å²) in [5.74, 6) is 0.425. The molecule has 10 heteroatoms. The van der Waals surface area contributed by atoms with Gasteiger partial charge in [0, 0.05) is 48.6 Å². The lowest BCUT2D eigenvalue weighted by molar-refractivity contribution is -0.385. The lowest BCUT2D eigenvalue weighted by atomic mass is 10.0. The number of likely N-dealkylation sites (tertiary alicyclic amines) is 1. The summed E-state index contributed by atoms with van der Waals surface area (Å²) in [5, 5.41) is 14.2. The number of hydrogen-bond donors (Lipinski definition) is 2. The molecule has 178 valence electrons. The molecule has 1 fully saturated rings. The van der Waals surface area contributed by atoms with Crippen molar-refractivity contribution in [1.82, 2.24) is 10.2 Å². The number of aryl methyl sites for hydroxylation is 1. The summed E-state index contributed by atoms with van der Waals surface area (Å²) in [6.07, 6.45) is 1.80. The first-order valence-corrected chi connectivity index (χ1v) is 12.4. The van der Waals surface area contributed by atoms with Crippen LogP contribution in [0.15, 0.2) is 47.4 Å². The van der Waals surface area contributed by atoms with Gasteiger partial charge in [0.2, 0.25) is 0 Å². The van der Waals surface area contributed by atoms with E-state index in [1.807, 2.05) is 0 Å². The molecule has 0 aromatic heterocycles. The molecule has 0 atom stereocenters. The van der Waals surface area contributed by atoms with E-state index in [1.165, 1.54) is 24.3 Å². The van der Waals surface area contributed by atoms with Gasteiger partial charge in [-0.3, -0.25) is 19.6 Å². The summed E-state index contributed by atoms with van der Waals surface area (Å²) in [6.45, 7) is 8.92. The summed E-state index contributed by atoms with van der Waals surface area (Å²) in [4.78, 5) is 25.3. The van der Waals surface area contributed by atoms with Gasteiger partial charge in [0.15, 0.2) is 0 Å². The molecule has 0 bridgehead atoms. The third kappa shape index (κ3) is 6.52. The van der Waals surface area contributed by atoms with Crippen LogP contribution in [0.3, 0.4) is 0 Å². The summed E-state index contributed by atoms with van der Waals surface area (Å²) >= 11 is 0. The Morgan fingerprint density at radius 2 is 1.79 bits per heavy atom. The maximum atomic E-state index is 12.6. The Morgan fingerprint density at radius 1 is 1.15 bits per heavy atom. The molecular weight excluding hydrogens is 444 g/mol. The molecule has 2 aromatic carbocycles. The Hall–Kier alpha value is -2.98. The number of carbonyl (C=O) groups excluding carboxylic acids is 1. The predicted octanol–water partition coefficient (Wildman–Crippen LogP) is 3.55. The lowest BCUT2D eigenvalue weighted by Crippen LogP contribution is -2.45. The first kappa shape index (κ1) is 24.7. The molecule has 1 aliphatic rings. The molecular formula is C23H30N4O5S. The second kappa shape index (κ2) is 10.3. The van der Waals surface area contributed by atoms with Crippen molar-refractivity contribution in [2.45, 2.75) is 44.6 Å². The van der Waals surface area contributed by atoms with Crippen molar-refractivity contribution in [1.29, 1.82) is 0 Å². The lowest BCUT2D eigenvalue weighted by Gasteiger charge is -2.33. The fourth-order valence-corrected chi connectivity index (χ4v) is 4.98. The van der Waals surface area contributed by atoms with E-state index >= 15 is 0 Å². The molecule has 1 aliphatic heterocycles. The summed E-state index contributed by atoms with van der Waals surface area (Å²) in [5.41, 5.74) is 0.810. The summed E-state index contributed by atoms with van der Waals surface area (Å²) in [7, 11) is -4.02. The van der Waals surface area contributed by atoms with Crippen molar-refractivity contribution >= 4 is 27.3 Å². The number of benzene rings is 2. The fraction of sp³-hybridized carbons (Fsp3) is 0.435. The molecule has 2 N–H and O–H groups in total. The van der Waals surface area contributed by atoms with Gasteiger partial charge in [-0.05, 0) is 56.0 Å². The Kier molecular flexibility index (Phi) is 7.70. The van der Waals surface area contributed by atoms with E-state index in [1.54, 1.807) is 19.1 Å². The molecule has 0 spiro atoms. The van der Waals surface area contributed by atoms with E-state index in [-0.39, 0.29) is 28.2 Å². The van der Waals surface area contributed by atoms with Crippen LogP contribution in [0.5, 0.6) is 0 Å². The number of sulfonamides is 1. The minimum Gasteiger partial charge on any atom is -0.349 e. The van der Waals surface area contributed by atoms with E-state index in [0.29, 0.717) is 17.0 Å². The Balaban J connectivity index is 1.60. The van der Waals surface area contributed by atoms with Gasteiger partial charge in [-0.2, -0.15) is 0 Å². The number of hydrogen-bond acceptors (Lipinski definition) is 6. The zero-order chi connectivity index (χ0) is 24.2. The molecule has 1 amide bonds. The Labute approximate surface area is 194 Å². The number of carbonyl (C=O) groups is 1. The number of nitrogens with one attached hydrogen (secondary N) is 2. The highest BCUT2D eigenvalue weighted by Crippen LogP contribution is 2.24. The molecule has 0 radical (unpaired) electrons. The molecule has 0 aliphatic carbocycles. The highest BCUT2D eigenvalue weighted by Gasteiger charge is 2.22. The summed E-state index contributed by atoms with van der Waals surface area (Å²) < 4.78 is 27.7. The first-order chi connectivity index (χ1) is 15.5. The van der Waals surface area contributed by atoms with E-state index < -0.39 is 14.9 Å². The van der Waals surface area contributed by atoms with Gasteiger partial charge in [0.25, 0.3) is 21.6 Å². The average molecular weight is 475 g/mol. The standard InChI is InChI=1S/C23H30N4O5S/c1-16(2)15-26-12-10-19(11-13-26)24-23(28)18-5-7-20(8-6-18)25-33(31,32)21-9-4-17(3)22(14-21)27(29)30/h4-9,14,16,19,25H,10-13,15H2,1-3H3,(H,24,28). The molecule has 1 heterocycles. The highest BCUT2D eigenvalue weighted by atomic mass is 32.2. The van der Waals surface area contributed by atoms with E-state index in [0.717, 1.165) is 38.5 Å². The molecule has 3 rings (SSSR count). The van der Waals surface area contributed by atoms with Crippen molar-refractivity contribution in [3.05, 3.63) is 63.7 Å². The smallest absolute Gasteiger partial charge is 0.273 e. The topological polar surface area (TPSA) is 122 Å². The quantitative estimate of drug-likeness (QED) is 0.446. The van der Waals surface area contributed by atoms with Gasteiger partial charge in [-0.15, -0.1) is 0 Å². The molecule has 33 heavy (non-hydrogen) atoms. The van der Waals surface area contributed by atoms with E-state index in [4.69, 9.17) is 0 Å². The normalized spacial score (nSPS) is 15.4. The number of nitrogens with zero attached hydrogens (tertiary/aromatic N) is 2. The SMILES string of the molecule is Cc1ccc(S(=O)(=O)Nc2ccc(C(=O)NC3CCN(CC(C)C)CC3)cc2)cc1[N+](=O)[O-]. The third-order valence-corrected chi connectivity index (χ3v) is 7.01. The van der Waals surface area contributed by atoms with Crippen LogP contribution in [0.1, 0.15) is 42.6 Å². The van der Waals surface area contributed by atoms with Crippen molar-refractivity contribution in [3.63, 3.8) is 0 Å². The van der Waals surface area contributed by atoms with Crippen LogP contribution in [-0.2, 0) is 10.0 Å². The maximum absolute atomic E-state index is 12.6. The largest absolute Gasteiger partial charge is 0.349 e. The van der Waals surface area contributed by atoms with Crippen LogP contribution >= 0.6 is 0 Å². The van der Waals surface area contributed by atoms with Crippen LogP contribution in [-0.4, -0.2) is 49.8 Å². The number of amides is 1. The van der Waals surface area contributed by atoms with Gasteiger partial charge in [0.1, 0.15) is 0 Å². The van der Waals surface area contributed by atoms with Gasteiger partial charge < -0.3 is 10.2 Å². The van der Waals surface area contributed by atoms with Gasteiger partial charge in [0.05, 0.1) is 9.82 Å². The molecule has 2 aromatic rings. The Morgan fingerprint density at radius 3 is 2.36 bits per heavy atom. The average Bonchev–Trinajstić information content (AvgIpc) is 2.75. The molecule has 9 nitrogen and oxygen atoms in total. The zero-order valence-corrected chi connectivity index (χ0v) is 19.9. The monoisotopic (exact) mass is 474 g/mol. The highest BCUT2D eigenvalue weighted by molar-refractivity contribution is 7.92. The fourth-order valence-electron chi connectivity index (χ4n) is 3.90. The number of rotatable bonds is 8. The number of nitro groups is 1. The minimum absolute atomic E-state index is 0.122. The second-order valence-electron chi connectivity index (χ2n) is 8.83. The van der Waals surface area contributed by atoms with E-state index in [2.05, 4.69) is 28.8 Å². The van der Waals surface area contributed by atoms with Gasteiger partial charge >= 0.3 is 0 Å². The summed E-state index contributed by atoms with van der Waals surface area (Å²) in [6, 6.07) is 9.98. The van der Waals surface area contributed by atoms with Crippen LogP contribution in [0.25, 0.3) is 0 Å². The van der Waals surface area contributed by atoms with Crippen LogP contribution in [0, 0.1) is 23.0 Å². The first-order valence-electron chi connectivity index (χ1n) is 11.0. The maximum Gasteiger partial charge on any atom is 0.273 e. The number of anilines is 1. The molecule has 1 saturated heterocycles. The van der Waals surface area contributed by atoms with Gasteiger partial charge in [-0.25, -0.2) is 8.42 Å². The number of piperidine rings is 1. The zero-order valence-electron chi connectivity index (χ0n) is 19.1. The van der Waals surface area contributed by atoms with Crippen LogP contribution in [0.2, 0.25) is 0 Å². The van der Waals surface area contributed by atoms with Crippen LogP contribution < -0.4 is 10.0 Å². The van der Waals surface area contributed by atoms with Crippen molar-refractivity contribution in [2.75, 3.05) is 24.4 Å². The molecule has 0 saturated carbocycles. The predicted molar refractivity (Wildman–Crippen MR) is 127 cm³/mol. The van der Waals surface area contributed by atoms with Gasteiger partial charge in [-0.1, -0.05) is 19.9 Å². The third-order valence-electron chi connectivity index (χ3n) is 5.63. The minimum atomic E-state index is -4.02. The Bertz CT molecular complexity index is 1110. The van der Waals surface area contributed by atoms with Crippen molar-refractivity contribution in [3.8, 4) is 0 Å². The second-order valence-corrected chi connectivity index (χ2v) is 10.5.